The maximum Gasteiger partial charge on any atom is 0.239 e. The summed E-state index contributed by atoms with van der Waals surface area (Å²) in [5, 5.41) is 0. The van der Waals surface area contributed by atoms with Crippen LogP contribution >= 0.6 is 12.4 Å². The number of carbonyl (C=O) groups is 1. The lowest BCUT2D eigenvalue weighted by Gasteiger charge is -2.24. The third-order valence-corrected chi connectivity index (χ3v) is 3.01. The molecule has 4 nitrogen and oxygen atoms in total. The molecule has 1 fully saturated rings. The molecule has 1 aromatic heterocycles. The van der Waals surface area contributed by atoms with E-state index in [-0.39, 0.29) is 24.4 Å². The number of aryl methyl sites for hydroxylation is 1. The molecule has 1 aromatic rings. The number of rotatable bonds is 2. The predicted molar refractivity (Wildman–Crippen MR) is 68.0 cm³/mol. The molecule has 96 valence electrons. The van der Waals surface area contributed by atoms with E-state index in [1.54, 1.807) is 6.92 Å². The Morgan fingerprint density at radius 2 is 2.29 bits per heavy atom. The minimum absolute atomic E-state index is 0. The fourth-order valence-electron chi connectivity index (χ4n) is 2.22. The van der Waals surface area contributed by atoms with Crippen LogP contribution in [-0.2, 0) is 4.79 Å². The zero-order valence-electron chi connectivity index (χ0n) is 10.2. The first-order valence-corrected chi connectivity index (χ1v) is 5.72. The second kappa shape index (κ2) is 5.56. The molecule has 2 unspecified atom stereocenters. The van der Waals surface area contributed by atoms with Gasteiger partial charge in [0.25, 0.3) is 0 Å². The maximum atomic E-state index is 11.9. The summed E-state index contributed by atoms with van der Waals surface area (Å²) in [6.07, 6.45) is 1.98. The van der Waals surface area contributed by atoms with Crippen LogP contribution in [0.15, 0.2) is 16.5 Å². The van der Waals surface area contributed by atoms with Crippen molar-refractivity contribution >= 4 is 18.3 Å². The lowest BCUT2D eigenvalue weighted by molar-refractivity contribution is -0.133. The zero-order valence-corrected chi connectivity index (χ0v) is 11.0. The van der Waals surface area contributed by atoms with Crippen LogP contribution in [0.5, 0.6) is 0 Å². The van der Waals surface area contributed by atoms with E-state index in [9.17, 15) is 4.79 Å². The van der Waals surface area contributed by atoms with E-state index >= 15 is 0 Å². The van der Waals surface area contributed by atoms with E-state index in [4.69, 9.17) is 10.2 Å². The van der Waals surface area contributed by atoms with Crippen LogP contribution in [-0.4, -0.2) is 23.4 Å². The Bertz CT molecular complexity index is 390. The number of amides is 1. The highest BCUT2D eigenvalue weighted by molar-refractivity contribution is 5.85. The second-order valence-corrected chi connectivity index (χ2v) is 4.43. The van der Waals surface area contributed by atoms with Gasteiger partial charge >= 0.3 is 0 Å². The smallest absolute Gasteiger partial charge is 0.239 e. The summed E-state index contributed by atoms with van der Waals surface area (Å²) >= 11 is 0. The number of carbonyl (C=O) groups excluding carboxylic acids is 1. The molecule has 1 aliphatic rings. The van der Waals surface area contributed by atoms with Gasteiger partial charge in [-0.05, 0) is 38.8 Å². The average Bonchev–Trinajstić information content (AvgIpc) is 2.83. The normalized spacial score (nSPS) is 21.1. The van der Waals surface area contributed by atoms with Crippen LogP contribution in [0.25, 0.3) is 0 Å². The van der Waals surface area contributed by atoms with Gasteiger partial charge in [0.05, 0.1) is 12.1 Å². The third-order valence-electron chi connectivity index (χ3n) is 3.01. The van der Waals surface area contributed by atoms with Crippen LogP contribution < -0.4 is 5.73 Å². The summed E-state index contributed by atoms with van der Waals surface area (Å²) in [7, 11) is 0. The number of hydrogen-bond donors (Lipinski definition) is 1. The minimum atomic E-state index is -0.434. The summed E-state index contributed by atoms with van der Waals surface area (Å²) in [4.78, 5) is 13.7. The van der Waals surface area contributed by atoms with Gasteiger partial charge in [0.1, 0.15) is 11.5 Å². The van der Waals surface area contributed by atoms with Gasteiger partial charge in [-0.3, -0.25) is 4.79 Å². The van der Waals surface area contributed by atoms with Gasteiger partial charge in [0.15, 0.2) is 0 Å². The van der Waals surface area contributed by atoms with Crippen LogP contribution in [0.3, 0.4) is 0 Å². The van der Waals surface area contributed by atoms with E-state index in [1.165, 1.54) is 0 Å². The Hall–Kier alpha value is -1.00. The fraction of sp³-hybridized carbons (Fsp3) is 0.583. The monoisotopic (exact) mass is 258 g/mol. The molecule has 0 aliphatic carbocycles. The number of hydrogen-bond acceptors (Lipinski definition) is 3. The fourth-order valence-corrected chi connectivity index (χ4v) is 2.22. The van der Waals surface area contributed by atoms with Crippen molar-refractivity contribution in [1.29, 1.82) is 0 Å². The molecular formula is C12H19ClN2O2. The first kappa shape index (κ1) is 14.1. The molecule has 1 aliphatic heterocycles. The summed E-state index contributed by atoms with van der Waals surface area (Å²) in [5.41, 5.74) is 5.64. The molecule has 0 bridgehead atoms. The molecular weight excluding hydrogens is 240 g/mol. The standard InChI is InChI=1S/C12H18N2O2.ClH/c1-8-5-6-11(16-8)10-4-3-7-14(10)12(15)9(2)13;/h5-6,9-10H,3-4,7,13H2,1-2H3;1H. The topological polar surface area (TPSA) is 59.5 Å². The van der Waals surface area contributed by atoms with Crippen molar-refractivity contribution in [2.45, 2.75) is 38.8 Å². The molecule has 2 rings (SSSR count). The van der Waals surface area contributed by atoms with Crippen LogP contribution in [0, 0.1) is 6.92 Å². The molecule has 2 N–H and O–H groups in total. The van der Waals surface area contributed by atoms with Crippen LogP contribution in [0.4, 0.5) is 0 Å². The van der Waals surface area contributed by atoms with Gasteiger partial charge in [0, 0.05) is 6.54 Å². The highest BCUT2D eigenvalue weighted by Gasteiger charge is 2.32. The van der Waals surface area contributed by atoms with Crippen molar-refractivity contribution in [3.05, 3.63) is 23.7 Å². The molecule has 1 amide bonds. The van der Waals surface area contributed by atoms with Crippen molar-refractivity contribution in [3.63, 3.8) is 0 Å². The van der Waals surface area contributed by atoms with Gasteiger partial charge in [-0.25, -0.2) is 0 Å². The van der Waals surface area contributed by atoms with Crippen molar-refractivity contribution in [2.24, 2.45) is 5.73 Å². The molecule has 0 saturated carbocycles. The molecule has 0 aromatic carbocycles. The van der Waals surface area contributed by atoms with E-state index < -0.39 is 6.04 Å². The zero-order chi connectivity index (χ0) is 11.7. The maximum absolute atomic E-state index is 11.9. The number of halogens is 1. The lowest BCUT2D eigenvalue weighted by Crippen LogP contribution is -2.41. The third kappa shape index (κ3) is 2.82. The molecule has 0 radical (unpaired) electrons. The average molecular weight is 259 g/mol. The number of furan rings is 1. The second-order valence-electron chi connectivity index (χ2n) is 4.43. The number of nitrogens with two attached hydrogens (primary N) is 1. The molecule has 5 heteroatoms. The predicted octanol–water partition coefficient (Wildman–Crippen LogP) is 2.02. The Morgan fingerprint density at radius 3 is 2.82 bits per heavy atom. The summed E-state index contributed by atoms with van der Waals surface area (Å²) in [6.45, 7) is 4.42. The van der Waals surface area contributed by atoms with Crippen LogP contribution in [0.1, 0.15) is 37.3 Å². The van der Waals surface area contributed by atoms with Gasteiger partial charge in [-0.1, -0.05) is 0 Å². The molecule has 2 heterocycles. The van der Waals surface area contributed by atoms with E-state index in [2.05, 4.69) is 0 Å². The molecule has 0 spiro atoms. The van der Waals surface area contributed by atoms with Gasteiger partial charge in [-0.15, -0.1) is 12.4 Å². The van der Waals surface area contributed by atoms with Gasteiger partial charge in [0.2, 0.25) is 5.91 Å². The highest BCUT2D eigenvalue weighted by atomic mass is 35.5. The van der Waals surface area contributed by atoms with E-state index in [0.29, 0.717) is 0 Å². The highest BCUT2D eigenvalue weighted by Crippen LogP contribution is 2.33. The first-order chi connectivity index (χ1) is 7.59. The lowest BCUT2D eigenvalue weighted by atomic mass is 10.1. The van der Waals surface area contributed by atoms with Crippen molar-refractivity contribution in [1.82, 2.24) is 4.90 Å². The van der Waals surface area contributed by atoms with Crippen molar-refractivity contribution in [2.75, 3.05) is 6.54 Å². The minimum Gasteiger partial charge on any atom is -0.464 e. The van der Waals surface area contributed by atoms with E-state index in [1.807, 2.05) is 24.0 Å². The molecule has 1 saturated heterocycles. The Morgan fingerprint density at radius 1 is 1.59 bits per heavy atom. The van der Waals surface area contributed by atoms with Crippen LogP contribution in [0.2, 0.25) is 0 Å². The Kier molecular flexibility index (Phi) is 4.60. The van der Waals surface area contributed by atoms with Gasteiger partial charge in [-0.2, -0.15) is 0 Å². The molecule has 17 heavy (non-hydrogen) atoms. The summed E-state index contributed by atoms with van der Waals surface area (Å²) < 4.78 is 5.59. The first-order valence-electron chi connectivity index (χ1n) is 5.72. The number of likely N-dealkylation sites (tertiary alicyclic amines) is 1. The molecule has 2 atom stereocenters. The van der Waals surface area contributed by atoms with Gasteiger partial charge < -0.3 is 15.1 Å². The summed E-state index contributed by atoms with van der Waals surface area (Å²) in [6, 6.07) is 3.53. The Labute approximate surface area is 108 Å². The number of nitrogens with zero attached hydrogens (tertiary/aromatic N) is 1. The Balaban J connectivity index is 0.00000144. The summed E-state index contributed by atoms with van der Waals surface area (Å²) in [5.74, 6) is 1.77. The van der Waals surface area contributed by atoms with E-state index in [0.717, 1.165) is 30.9 Å². The quantitative estimate of drug-likeness (QED) is 0.883. The van der Waals surface area contributed by atoms with Crippen molar-refractivity contribution in [3.8, 4) is 0 Å². The largest absolute Gasteiger partial charge is 0.464 e. The SMILES string of the molecule is Cc1ccc(C2CCCN2C(=O)C(C)N)o1.Cl. The van der Waals surface area contributed by atoms with Crippen molar-refractivity contribution < 1.29 is 9.21 Å².